The molecule has 0 fully saturated rings. The Balaban J connectivity index is 2.98. The first-order valence-electron chi connectivity index (χ1n) is 5.91. The molecule has 0 aromatic heterocycles. The average molecular weight is 201 g/mol. The highest BCUT2D eigenvalue weighted by Crippen LogP contribution is 1.83. The van der Waals surface area contributed by atoms with Gasteiger partial charge in [-0.15, -0.1) is 0 Å². The van der Waals surface area contributed by atoms with Crippen LogP contribution in [0.2, 0.25) is 0 Å². The molecule has 0 atom stereocenters. The van der Waals surface area contributed by atoms with Crippen LogP contribution in [-0.2, 0) is 0 Å². The van der Waals surface area contributed by atoms with E-state index in [1.54, 1.807) is 0 Å². The van der Waals surface area contributed by atoms with Crippen molar-refractivity contribution in [1.29, 1.82) is 0 Å². The smallest absolute Gasteiger partial charge is 0.0104 e. The third kappa shape index (κ3) is 9.96. The molecule has 0 aromatic rings. The first kappa shape index (κ1) is 13.9. The normalized spacial score (nSPS) is 11.1. The van der Waals surface area contributed by atoms with Crippen molar-refractivity contribution in [2.45, 2.75) is 26.7 Å². The van der Waals surface area contributed by atoms with Crippen LogP contribution in [0.15, 0.2) is 0 Å². The molecule has 0 aliphatic heterocycles. The minimum absolute atomic E-state index is 1.08. The second kappa shape index (κ2) is 11.0. The fourth-order valence-corrected chi connectivity index (χ4v) is 1.37. The number of rotatable bonds is 10. The Morgan fingerprint density at radius 3 is 2.00 bits per heavy atom. The average Bonchev–Trinajstić information content (AvgIpc) is 2.17. The summed E-state index contributed by atoms with van der Waals surface area (Å²) in [6.07, 6.45) is 2.47. The van der Waals surface area contributed by atoms with Crippen molar-refractivity contribution < 1.29 is 0 Å². The van der Waals surface area contributed by atoms with Crippen LogP contribution < -0.4 is 10.6 Å². The van der Waals surface area contributed by atoms with Gasteiger partial charge in [0.1, 0.15) is 0 Å². The Morgan fingerprint density at radius 2 is 1.43 bits per heavy atom. The summed E-state index contributed by atoms with van der Waals surface area (Å²) in [7, 11) is 2.18. The van der Waals surface area contributed by atoms with Gasteiger partial charge in [0.15, 0.2) is 0 Å². The van der Waals surface area contributed by atoms with Crippen LogP contribution in [0.1, 0.15) is 26.7 Å². The molecule has 2 N–H and O–H groups in total. The van der Waals surface area contributed by atoms with Gasteiger partial charge in [0.05, 0.1) is 0 Å². The van der Waals surface area contributed by atoms with Gasteiger partial charge in [0.2, 0.25) is 0 Å². The molecular formula is C11H27N3. The van der Waals surface area contributed by atoms with E-state index < -0.39 is 0 Å². The van der Waals surface area contributed by atoms with E-state index in [2.05, 4.69) is 36.4 Å². The summed E-state index contributed by atoms with van der Waals surface area (Å²) in [4.78, 5) is 2.37. The van der Waals surface area contributed by atoms with Gasteiger partial charge in [-0.25, -0.2) is 0 Å². The van der Waals surface area contributed by atoms with E-state index in [-0.39, 0.29) is 0 Å². The van der Waals surface area contributed by atoms with Crippen molar-refractivity contribution in [2.24, 2.45) is 0 Å². The third-order valence-corrected chi connectivity index (χ3v) is 2.18. The number of likely N-dealkylation sites (N-methyl/N-ethyl adjacent to an activating group) is 1. The predicted molar refractivity (Wildman–Crippen MR) is 63.8 cm³/mol. The van der Waals surface area contributed by atoms with E-state index in [1.807, 2.05) is 0 Å². The molecule has 0 saturated carbocycles. The van der Waals surface area contributed by atoms with E-state index in [0.717, 1.165) is 32.7 Å². The summed E-state index contributed by atoms with van der Waals surface area (Å²) in [5, 5.41) is 6.80. The summed E-state index contributed by atoms with van der Waals surface area (Å²) in [6.45, 7) is 11.2. The van der Waals surface area contributed by atoms with Crippen LogP contribution >= 0.6 is 0 Å². The second-order valence-corrected chi connectivity index (χ2v) is 3.80. The lowest BCUT2D eigenvalue weighted by Gasteiger charge is -2.15. The Bertz CT molecular complexity index is 107. The van der Waals surface area contributed by atoms with E-state index >= 15 is 0 Å². The molecule has 86 valence electrons. The monoisotopic (exact) mass is 201 g/mol. The molecule has 0 unspecified atom stereocenters. The number of nitrogens with one attached hydrogen (secondary N) is 2. The topological polar surface area (TPSA) is 27.3 Å². The summed E-state index contributed by atoms with van der Waals surface area (Å²) in [6, 6.07) is 0. The molecule has 0 spiro atoms. The fraction of sp³-hybridized carbons (Fsp3) is 1.00. The van der Waals surface area contributed by atoms with Crippen molar-refractivity contribution in [3.63, 3.8) is 0 Å². The molecule has 0 bridgehead atoms. The molecule has 0 aromatic carbocycles. The first-order valence-corrected chi connectivity index (χ1v) is 5.91. The van der Waals surface area contributed by atoms with Crippen LogP contribution in [0, 0.1) is 0 Å². The van der Waals surface area contributed by atoms with Crippen LogP contribution in [0.4, 0.5) is 0 Å². The zero-order valence-corrected chi connectivity index (χ0v) is 10.1. The maximum atomic E-state index is 3.43. The molecule has 0 rings (SSSR count). The Hall–Kier alpha value is -0.120. The lowest BCUT2D eigenvalue weighted by Crippen LogP contribution is -2.33. The molecule has 3 nitrogen and oxygen atoms in total. The van der Waals surface area contributed by atoms with Crippen molar-refractivity contribution in [3.05, 3.63) is 0 Å². The van der Waals surface area contributed by atoms with E-state index in [0.29, 0.717) is 0 Å². The molecule has 0 heterocycles. The van der Waals surface area contributed by atoms with E-state index in [4.69, 9.17) is 0 Å². The van der Waals surface area contributed by atoms with Gasteiger partial charge in [-0.05, 0) is 33.0 Å². The molecule has 3 heteroatoms. The van der Waals surface area contributed by atoms with Crippen LogP contribution in [0.5, 0.6) is 0 Å². The van der Waals surface area contributed by atoms with E-state index in [9.17, 15) is 0 Å². The zero-order chi connectivity index (χ0) is 10.6. The van der Waals surface area contributed by atoms with Crippen molar-refractivity contribution >= 4 is 0 Å². The molecule has 0 aliphatic rings. The highest BCUT2D eigenvalue weighted by Gasteiger charge is 1.94. The van der Waals surface area contributed by atoms with E-state index in [1.165, 1.54) is 19.4 Å². The van der Waals surface area contributed by atoms with Crippen LogP contribution in [-0.4, -0.2) is 51.2 Å². The molecular weight excluding hydrogens is 174 g/mol. The molecule has 14 heavy (non-hydrogen) atoms. The third-order valence-electron chi connectivity index (χ3n) is 2.18. The summed E-state index contributed by atoms with van der Waals surface area (Å²) < 4.78 is 0. The Labute approximate surface area is 89.2 Å². The van der Waals surface area contributed by atoms with Gasteiger partial charge >= 0.3 is 0 Å². The molecule has 0 radical (unpaired) electrons. The standard InChI is InChI=1S/C11H27N3/c1-4-6-12-7-8-13-9-11-14(3)10-5-2/h12-13H,4-11H2,1-3H3. The number of hydrogen-bond donors (Lipinski definition) is 2. The fourth-order valence-electron chi connectivity index (χ4n) is 1.37. The van der Waals surface area contributed by atoms with Gasteiger partial charge < -0.3 is 15.5 Å². The maximum absolute atomic E-state index is 3.43. The minimum Gasteiger partial charge on any atom is -0.315 e. The van der Waals surface area contributed by atoms with Crippen molar-refractivity contribution in [1.82, 2.24) is 15.5 Å². The summed E-state index contributed by atoms with van der Waals surface area (Å²) in [5.41, 5.74) is 0. The molecule has 0 saturated heterocycles. The largest absolute Gasteiger partial charge is 0.315 e. The molecule has 0 amide bonds. The van der Waals surface area contributed by atoms with Crippen molar-refractivity contribution in [2.75, 3.05) is 46.3 Å². The Kier molecular flexibility index (Phi) is 10.9. The van der Waals surface area contributed by atoms with Gasteiger partial charge in [-0.2, -0.15) is 0 Å². The van der Waals surface area contributed by atoms with Gasteiger partial charge in [-0.3, -0.25) is 0 Å². The zero-order valence-electron chi connectivity index (χ0n) is 10.1. The lowest BCUT2D eigenvalue weighted by atomic mass is 10.4. The van der Waals surface area contributed by atoms with Crippen molar-refractivity contribution in [3.8, 4) is 0 Å². The maximum Gasteiger partial charge on any atom is 0.0104 e. The van der Waals surface area contributed by atoms with Crippen LogP contribution in [0.25, 0.3) is 0 Å². The van der Waals surface area contributed by atoms with Gasteiger partial charge in [0, 0.05) is 26.2 Å². The minimum atomic E-state index is 1.08. The quantitative estimate of drug-likeness (QED) is 0.515. The first-order chi connectivity index (χ1) is 6.81. The van der Waals surface area contributed by atoms with Gasteiger partial charge in [0.25, 0.3) is 0 Å². The SMILES string of the molecule is CCCNCCNCCN(C)CCC. The summed E-state index contributed by atoms with van der Waals surface area (Å²) >= 11 is 0. The predicted octanol–water partition coefficient (Wildman–Crippen LogP) is 0.917. The summed E-state index contributed by atoms with van der Waals surface area (Å²) in [5.74, 6) is 0. The highest BCUT2D eigenvalue weighted by molar-refractivity contribution is 4.55. The van der Waals surface area contributed by atoms with Gasteiger partial charge in [-0.1, -0.05) is 13.8 Å². The number of nitrogens with zero attached hydrogens (tertiary/aromatic N) is 1. The molecule has 0 aliphatic carbocycles. The lowest BCUT2D eigenvalue weighted by molar-refractivity contribution is 0.332. The number of hydrogen-bond acceptors (Lipinski definition) is 3. The Morgan fingerprint density at radius 1 is 0.786 bits per heavy atom. The second-order valence-electron chi connectivity index (χ2n) is 3.80. The highest BCUT2D eigenvalue weighted by atomic mass is 15.1. The van der Waals surface area contributed by atoms with Crippen LogP contribution in [0.3, 0.4) is 0 Å².